The number of benzene rings is 1. The smallest absolute Gasteiger partial charge is 0.0138 e. The Morgan fingerprint density at radius 3 is 2.36 bits per heavy atom. The number of nitrogens with two attached hydrogens (primary N) is 1. The summed E-state index contributed by atoms with van der Waals surface area (Å²) in [6.07, 6.45) is 0.918. The van der Waals surface area contributed by atoms with Gasteiger partial charge in [0.2, 0.25) is 0 Å². The largest absolute Gasteiger partial charge is 0.325 e. The lowest BCUT2D eigenvalue weighted by atomic mass is 9.96. The van der Waals surface area contributed by atoms with E-state index in [0.717, 1.165) is 6.42 Å². The van der Waals surface area contributed by atoms with Crippen LogP contribution in [0.25, 0.3) is 0 Å². The first-order chi connectivity index (χ1) is 5.08. The summed E-state index contributed by atoms with van der Waals surface area (Å²) >= 11 is 0. The summed E-state index contributed by atoms with van der Waals surface area (Å²) in [6, 6.07) is 10.9. The van der Waals surface area contributed by atoms with Gasteiger partial charge in [-0.1, -0.05) is 24.3 Å². The molecule has 0 bridgehead atoms. The highest BCUT2D eigenvalue weighted by atomic mass is 14.7. The highest BCUT2D eigenvalue weighted by Crippen LogP contribution is 2.08. The molecule has 11 heavy (non-hydrogen) atoms. The van der Waals surface area contributed by atoms with Crippen LogP contribution in [-0.2, 0) is 6.42 Å². The first kappa shape index (κ1) is 8.28. The number of rotatable bonds is 2. The summed E-state index contributed by atoms with van der Waals surface area (Å²) in [5.41, 5.74) is 7.02. The third-order valence-corrected chi connectivity index (χ3v) is 1.45. The summed E-state index contributed by atoms with van der Waals surface area (Å²) < 4.78 is 0. The number of hydrogen-bond donors (Lipinski definition) is 1. The fourth-order valence-electron chi connectivity index (χ4n) is 1.07. The molecule has 1 radical (unpaired) electrons. The van der Waals surface area contributed by atoms with Gasteiger partial charge in [-0.3, -0.25) is 0 Å². The molecule has 0 fully saturated rings. The van der Waals surface area contributed by atoms with Crippen molar-refractivity contribution in [1.82, 2.24) is 0 Å². The van der Waals surface area contributed by atoms with Crippen LogP contribution in [0, 0.1) is 6.07 Å². The van der Waals surface area contributed by atoms with Crippen molar-refractivity contribution in [1.29, 1.82) is 0 Å². The van der Waals surface area contributed by atoms with Gasteiger partial charge in [0, 0.05) is 5.54 Å². The Balaban J connectivity index is 2.66. The zero-order valence-corrected chi connectivity index (χ0v) is 7.09. The zero-order valence-electron chi connectivity index (χ0n) is 7.09. The lowest BCUT2D eigenvalue weighted by Gasteiger charge is -2.17. The van der Waals surface area contributed by atoms with Crippen LogP contribution >= 0.6 is 0 Å². The van der Waals surface area contributed by atoms with Gasteiger partial charge in [0.15, 0.2) is 0 Å². The van der Waals surface area contributed by atoms with Gasteiger partial charge in [0.25, 0.3) is 0 Å². The van der Waals surface area contributed by atoms with E-state index in [0.29, 0.717) is 0 Å². The topological polar surface area (TPSA) is 26.0 Å². The summed E-state index contributed by atoms with van der Waals surface area (Å²) in [6.45, 7) is 4.06. The van der Waals surface area contributed by atoms with Crippen LogP contribution in [0.2, 0.25) is 0 Å². The monoisotopic (exact) mass is 148 g/mol. The van der Waals surface area contributed by atoms with Crippen molar-refractivity contribution in [2.24, 2.45) is 5.73 Å². The molecule has 1 heteroatoms. The average Bonchev–Trinajstić information content (AvgIpc) is 1.85. The van der Waals surface area contributed by atoms with Gasteiger partial charge in [-0.2, -0.15) is 0 Å². The Bertz CT molecular complexity index is 208. The van der Waals surface area contributed by atoms with Crippen molar-refractivity contribution in [3.05, 3.63) is 35.9 Å². The Kier molecular flexibility index (Phi) is 2.30. The van der Waals surface area contributed by atoms with Crippen LogP contribution in [0.4, 0.5) is 0 Å². The summed E-state index contributed by atoms with van der Waals surface area (Å²) in [7, 11) is 0. The molecular formula is C10H14N. The fourth-order valence-corrected chi connectivity index (χ4v) is 1.07. The molecule has 0 amide bonds. The second-order valence-electron chi connectivity index (χ2n) is 3.57. The molecule has 0 atom stereocenters. The minimum Gasteiger partial charge on any atom is -0.325 e. The molecule has 0 aliphatic heterocycles. The van der Waals surface area contributed by atoms with Gasteiger partial charge >= 0.3 is 0 Å². The Labute approximate surface area is 68.2 Å². The first-order valence-corrected chi connectivity index (χ1v) is 3.82. The molecule has 0 saturated heterocycles. The van der Waals surface area contributed by atoms with E-state index in [1.54, 1.807) is 0 Å². The third kappa shape index (κ3) is 3.19. The first-order valence-electron chi connectivity index (χ1n) is 3.82. The van der Waals surface area contributed by atoms with Gasteiger partial charge in [0.1, 0.15) is 0 Å². The van der Waals surface area contributed by atoms with E-state index in [2.05, 4.69) is 18.2 Å². The van der Waals surface area contributed by atoms with E-state index >= 15 is 0 Å². The minimum absolute atomic E-state index is 0.110. The quantitative estimate of drug-likeness (QED) is 0.679. The molecule has 1 aromatic rings. The Hall–Kier alpha value is -0.820. The van der Waals surface area contributed by atoms with E-state index in [-0.39, 0.29) is 5.54 Å². The molecule has 59 valence electrons. The number of hydrogen-bond acceptors (Lipinski definition) is 1. The predicted molar refractivity (Wildman–Crippen MR) is 47.2 cm³/mol. The molecule has 0 heterocycles. The maximum Gasteiger partial charge on any atom is 0.0138 e. The van der Waals surface area contributed by atoms with Crippen molar-refractivity contribution < 1.29 is 0 Å². The van der Waals surface area contributed by atoms with Gasteiger partial charge in [0.05, 0.1) is 0 Å². The Morgan fingerprint density at radius 1 is 1.36 bits per heavy atom. The average molecular weight is 148 g/mol. The molecule has 2 N–H and O–H groups in total. The van der Waals surface area contributed by atoms with E-state index in [9.17, 15) is 0 Å². The van der Waals surface area contributed by atoms with Crippen molar-refractivity contribution >= 4 is 0 Å². The second-order valence-corrected chi connectivity index (χ2v) is 3.57. The predicted octanol–water partition coefficient (Wildman–Crippen LogP) is 1.77. The molecule has 0 saturated carbocycles. The Morgan fingerprint density at radius 2 is 1.91 bits per heavy atom. The van der Waals surface area contributed by atoms with Gasteiger partial charge in [-0.15, -0.1) is 0 Å². The molecule has 0 unspecified atom stereocenters. The van der Waals surface area contributed by atoms with Crippen LogP contribution in [-0.4, -0.2) is 5.54 Å². The molecular weight excluding hydrogens is 134 g/mol. The summed E-state index contributed by atoms with van der Waals surface area (Å²) in [5.74, 6) is 0. The third-order valence-electron chi connectivity index (χ3n) is 1.45. The van der Waals surface area contributed by atoms with Crippen molar-refractivity contribution in [3.8, 4) is 0 Å². The maximum atomic E-state index is 5.86. The highest BCUT2D eigenvalue weighted by molar-refractivity contribution is 5.16. The minimum atomic E-state index is -0.110. The molecule has 1 nitrogen and oxygen atoms in total. The van der Waals surface area contributed by atoms with Crippen LogP contribution < -0.4 is 5.73 Å². The van der Waals surface area contributed by atoms with Crippen LogP contribution in [0.1, 0.15) is 19.4 Å². The van der Waals surface area contributed by atoms with E-state index in [1.165, 1.54) is 5.56 Å². The van der Waals surface area contributed by atoms with Gasteiger partial charge < -0.3 is 5.73 Å². The highest BCUT2D eigenvalue weighted by Gasteiger charge is 2.10. The molecule has 0 spiro atoms. The lowest BCUT2D eigenvalue weighted by Crippen LogP contribution is -2.34. The summed E-state index contributed by atoms with van der Waals surface area (Å²) in [4.78, 5) is 0. The van der Waals surface area contributed by atoms with Crippen molar-refractivity contribution in [3.63, 3.8) is 0 Å². The van der Waals surface area contributed by atoms with Crippen LogP contribution in [0.3, 0.4) is 0 Å². The lowest BCUT2D eigenvalue weighted by molar-refractivity contribution is 0.517. The van der Waals surface area contributed by atoms with Crippen LogP contribution in [0.5, 0.6) is 0 Å². The molecule has 0 aromatic heterocycles. The van der Waals surface area contributed by atoms with Crippen LogP contribution in [0.15, 0.2) is 24.3 Å². The maximum absolute atomic E-state index is 5.86. The van der Waals surface area contributed by atoms with Gasteiger partial charge in [-0.25, -0.2) is 0 Å². The standard InChI is InChI=1S/C10H14N/c1-10(2,11)8-9-6-4-3-5-7-9/h4-7H,8,11H2,1-2H3. The van der Waals surface area contributed by atoms with Gasteiger partial charge in [-0.05, 0) is 31.9 Å². The SMILES string of the molecule is CC(C)(N)Cc1cc[c]cc1. The van der Waals surface area contributed by atoms with E-state index < -0.39 is 0 Å². The van der Waals surface area contributed by atoms with E-state index in [4.69, 9.17) is 5.73 Å². The van der Waals surface area contributed by atoms with E-state index in [1.807, 2.05) is 26.0 Å². The molecule has 0 aliphatic carbocycles. The van der Waals surface area contributed by atoms with Crippen molar-refractivity contribution in [2.45, 2.75) is 25.8 Å². The normalized spacial score (nSPS) is 11.5. The second kappa shape index (κ2) is 3.05. The van der Waals surface area contributed by atoms with Crippen molar-refractivity contribution in [2.75, 3.05) is 0 Å². The molecule has 0 aliphatic rings. The summed E-state index contributed by atoms with van der Waals surface area (Å²) in [5, 5.41) is 0. The zero-order chi connectivity index (χ0) is 8.32. The molecule has 1 aromatic carbocycles. The molecule has 1 rings (SSSR count). The fraction of sp³-hybridized carbons (Fsp3) is 0.400.